The fourth-order valence-corrected chi connectivity index (χ4v) is 4.87. The molecule has 37 heavy (non-hydrogen) atoms. The summed E-state index contributed by atoms with van der Waals surface area (Å²) >= 11 is 1.39. The van der Waals surface area contributed by atoms with Gasteiger partial charge in [0.2, 0.25) is 11.7 Å². The molecule has 0 saturated heterocycles. The van der Waals surface area contributed by atoms with Crippen molar-refractivity contribution in [1.82, 2.24) is 19.5 Å². The van der Waals surface area contributed by atoms with Gasteiger partial charge in [0.05, 0.1) is 36.6 Å². The zero-order valence-corrected chi connectivity index (χ0v) is 20.4. The Hall–Kier alpha value is -3.92. The Kier molecular flexibility index (Phi) is 6.84. The van der Waals surface area contributed by atoms with E-state index in [0.717, 1.165) is 10.1 Å². The smallest absolute Gasteiger partial charge is 0.449 e. The van der Waals surface area contributed by atoms with Crippen molar-refractivity contribution >= 4 is 22.8 Å². The van der Waals surface area contributed by atoms with Crippen LogP contribution in [0.2, 0.25) is 0 Å². The number of halogens is 4. The molecular formula is C27H20F4N4OS. The first-order valence-corrected chi connectivity index (χ1v) is 12.2. The van der Waals surface area contributed by atoms with E-state index < -0.39 is 24.4 Å². The molecule has 0 aliphatic heterocycles. The van der Waals surface area contributed by atoms with Crippen LogP contribution in [-0.4, -0.2) is 26.6 Å². The molecule has 188 valence electrons. The van der Waals surface area contributed by atoms with Gasteiger partial charge in [-0.2, -0.15) is 13.2 Å². The predicted octanol–water partition coefficient (Wildman–Crippen LogP) is 7.00. The van der Waals surface area contributed by atoms with Crippen molar-refractivity contribution in [2.24, 2.45) is 0 Å². The number of aromatic nitrogens is 4. The van der Waals surface area contributed by atoms with Crippen LogP contribution in [-0.2, 0) is 18.5 Å². The summed E-state index contributed by atoms with van der Waals surface area (Å²) in [4.78, 5) is 12.7. The molecule has 0 bridgehead atoms. The van der Waals surface area contributed by atoms with Crippen LogP contribution in [0.5, 0.6) is 5.88 Å². The highest BCUT2D eigenvalue weighted by Crippen LogP contribution is 2.39. The number of alkyl halides is 3. The maximum atomic E-state index is 15.1. The third kappa shape index (κ3) is 5.15. The van der Waals surface area contributed by atoms with Gasteiger partial charge in [0.15, 0.2) is 0 Å². The van der Waals surface area contributed by atoms with Crippen LogP contribution < -0.4 is 4.74 Å². The summed E-state index contributed by atoms with van der Waals surface area (Å²) in [6.45, 7) is -0.478. The van der Waals surface area contributed by atoms with Crippen LogP contribution in [0.3, 0.4) is 0 Å². The fraction of sp³-hybridized carbons (Fsp3) is 0.148. The first-order valence-electron chi connectivity index (χ1n) is 11.2. The molecule has 0 radical (unpaired) electrons. The van der Waals surface area contributed by atoms with Gasteiger partial charge >= 0.3 is 6.18 Å². The van der Waals surface area contributed by atoms with E-state index in [1.807, 2.05) is 30.3 Å². The van der Waals surface area contributed by atoms with E-state index in [4.69, 9.17) is 4.74 Å². The number of rotatable bonds is 7. The van der Waals surface area contributed by atoms with Gasteiger partial charge in [-0.15, -0.1) is 11.8 Å². The summed E-state index contributed by atoms with van der Waals surface area (Å²) in [5, 5.41) is 0. The van der Waals surface area contributed by atoms with E-state index in [9.17, 15) is 13.2 Å². The SMILES string of the molecule is COc1ncc2nc(C(F)(F)F)n(Cc3ncc(SCc4ccccc4)cc3F)c2c1-c1ccccc1. The molecule has 5 rings (SSSR count). The van der Waals surface area contributed by atoms with Crippen LogP contribution in [0, 0.1) is 5.82 Å². The van der Waals surface area contributed by atoms with Crippen molar-refractivity contribution < 1.29 is 22.3 Å². The van der Waals surface area contributed by atoms with Gasteiger partial charge in [-0.1, -0.05) is 60.7 Å². The molecule has 0 fully saturated rings. The zero-order chi connectivity index (χ0) is 26.0. The Morgan fingerprint density at radius 3 is 2.30 bits per heavy atom. The summed E-state index contributed by atoms with van der Waals surface area (Å²) in [5.74, 6) is -1.12. The normalized spacial score (nSPS) is 11.7. The molecule has 5 nitrogen and oxygen atoms in total. The number of imidazole rings is 1. The maximum Gasteiger partial charge on any atom is 0.449 e. The van der Waals surface area contributed by atoms with Crippen molar-refractivity contribution in [2.45, 2.75) is 23.4 Å². The number of fused-ring (bicyclic) bond motifs is 1. The summed E-state index contributed by atoms with van der Waals surface area (Å²) in [5.41, 5.74) is 2.00. The molecule has 10 heteroatoms. The average Bonchev–Trinajstić information content (AvgIpc) is 3.28. The second kappa shape index (κ2) is 10.2. The molecule has 3 heterocycles. The number of hydrogen-bond donors (Lipinski definition) is 0. The van der Waals surface area contributed by atoms with Gasteiger partial charge in [-0.3, -0.25) is 4.98 Å². The van der Waals surface area contributed by atoms with Crippen LogP contribution in [0.4, 0.5) is 17.6 Å². The monoisotopic (exact) mass is 524 g/mol. The summed E-state index contributed by atoms with van der Waals surface area (Å²) in [6.07, 6.45) is -2.10. The van der Waals surface area contributed by atoms with E-state index in [-0.39, 0.29) is 22.6 Å². The first-order chi connectivity index (χ1) is 17.8. The first kappa shape index (κ1) is 24.8. The Labute approximate surface area is 214 Å². The van der Waals surface area contributed by atoms with Crippen molar-refractivity contribution in [3.05, 3.63) is 102 Å². The summed E-state index contributed by atoms with van der Waals surface area (Å²) in [7, 11) is 1.39. The van der Waals surface area contributed by atoms with Crippen LogP contribution >= 0.6 is 11.8 Å². The number of ether oxygens (including phenoxy) is 1. The molecule has 5 aromatic rings. The van der Waals surface area contributed by atoms with E-state index in [2.05, 4.69) is 15.0 Å². The van der Waals surface area contributed by atoms with Crippen molar-refractivity contribution in [1.29, 1.82) is 0 Å². The Bertz CT molecular complexity index is 1540. The second-order valence-electron chi connectivity index (χ2n) is 8.14. The molecule has 3 aromatic heterocycles. The van der Waals surface area contributed by atoms with Crippen LogP contribution in [0.1, 0.15) is 17.1 Å². The quantitative estimate of drug-likeness (QED) is 0.170. The molecule has 0 saturated carbocycles. The number of methoxy groups -OCH3 is 1. The average molecular weight is 525 g/mol. The highest BCUT2D eigenvalue weighted by Gasteiger charge is 2.39. The molecule has 0 spiro atoms. The maximum absolute atomic E-state index is 15.1. The third-order valence-corrected chi connectivity index (χ3v) is 6.74. The van der Waals surface area contributed by atoms with Crippen LogP contribution in [0.15, 0.2) is 84.0 Å². The van der Waals surface area contributed by atoms with Crippen molar-refractivity contribution in [2.75, 3.05) is 7.11 Å². The lowest BCUT2D eigenvalue weighted by atomic mass is 10.1. The summed E-state index contributed by atoms with van der Waals surface area (Å²) < 4.78 is 63.7. The van der Waals surface area contributed by atoms with Crippen molar-refractivity contribution in [3.8, 4) is 17.0 Å². The Balaban J connectivity index is 1.58. The van der Waals surface area contributed by atoms with Gasteiger partial charge in [0.25, 0.3) is 0 Å². The molecule has 0 unspecified atom stereocenters. The highest BCUT2D eigenvalue weighted by molar-refractivity contribution is 7.98. The van der Waals surface area contributed by atoms with Crippen LogP contribution in [0.25, 0.3) is 22.2 Å². The standard InChI is InChI=1S/C27H20F4N4OS/c1-36-25-23(18-10-6-3-7-11-18)24-21(14-33-25)34-26(27(29,30)31)35(24)15-22-20(28)12-19(13-32-22)37-16-17-8-4-2-5-9-17/h2-14H,15-16H2,1H3. The fourth-order valence-electron chi connectivity index (χ4n) is 4.03. The van der Waals surface area contributed by atoms with Crippen molar-refractivity contribution in [3.63, 3.8) is 0 Å². The predicted molar refractivity (Wildman–Crippen MR) is 134 cm³/mol. The van der Waals surface area contributed by atoms with E-state index in [1.54, 1.807) is 30.3 Å². The number of nitrogens with zero attached hydrogens (tertiary/aromatic N) is 4. The van der Waals surface area contributed by atoms with Gasteiger partial charge < -0.3 is 9.30 Å². The molecule has 0 amide bonds. The second-order valence-corrected chi connectivity index (χ2v) is 9.18. The van der Waals surface area contributed by atoms with E-state index in [0.29, 0.717) is 21.8 Å². The topological polar surface area (TPSA) is 52.8 Å². The highest BCUT2D eigenvalue weighted by atomic mass is 32.2. The minimum absolute atomic E-state index is 0.0161. The molecule has 0 atom stereocenters. The molecule has 0 N–H and O–H groups in total. The van der Waals surface area contributed by atoms with E-state index in [1.165, 1.54) is 37.3 Å². The largest absolute Gasteiger partial charge is 0.480 e. The van der Waals surface area contributed by atoms with Gasteiger partial charge in [-0.25, -0.2) is 14.4 Å². The Morgan fingerprint density at radius 2 is 1.65 bits per heavy atom. The number of hydrogen-bond acceptors (Lipinski definition) is 5. The number of pyridine rings is 2. The zero-order valence-electron chi connectivity index (χ0n) is 19.5. The molecule has 0 aliphatic rings. The van der Waals surface area contributed by atoms with Gasteiger partial charge in [0, 0.05) is 16.8 Å². The molecular weight excluding hydrogens is 504 g/mol. The number of benzene rings is 2. The lowest BCUT2D eigenvalue weighted by molar-refractivity contribution is -0.146. The Morgan fingerprint density at radius 1 is 0.946 bits per heavy atom. The minimum Gasteiger partial charge on any atom is -0.480 e. The van der Waals surface area contributed by atoms with E-state index >= 15 is 4.39 Å². The minimum atomic E-state index is -4.79. The van der Waals surface area contributed by atoms with Gasteiger partial charge in [0.1, 0.15) is 11.3 Å². The molecule has 2 aromatic carbocycles. The van der Waals surface area contributed by atoms with Gasteiger partial charge in [-0.05, 0) is 17.2 Å². The number of thioether (sulfide) groups is 1. The molecule has 0 aliphatic carbocycles. The lowest BCUT2D eigenvalue weighted by Gasteiger charge is -2.15. The lowest BCUT2D eigenvalue weighted by Crippen LogP contribution is -2.17. The summed E-state index contributed by atoms with van der Waals surface area (Å²) in [6, 6.07) is 19.7. The third-order valence-electron chi connectivity index (χ3n) is 5.71.